The zero-order chi connectivity index (χ0) is 34.0. The van der Waals surface area contributed by atoms with Crippen LogP contribution >= 0.6 is 0 Å². The predicted octanol–water partition coefficient (Wildman–Crippen LogP) is 11.7. The van der Waals surface area contributed by atoms with Gasteiger partial charge >= 0.3 is 5.97 Å². The van der Waals surface area contributed by atoms with Crippen LogP contribution in [0.4, 0.5) is 34.1 Å². The molecule has 0 aliphatic rings. The van der Waals surface area contributed by atoms with Crippen LogP contribution < -0.4 is 14.5 Å². The van der Waals surface area contributed by atoms with Crippen molar-refractivity contribution in [3.05, 3.63) is 163 Å². The molecule has 0 spiro atoms. The highest BCUT2D eigenvalue weighted by atomic mass is 16.5. The van der Waals surface area contributed by atoms with E-state index in [9.17, 15) is 9.59 Å². The van der Waals surface area contributed by atoms with E-state index in [0.29, 0.717) is 25.0 Å². The van der Waals surface area contributed by atoms with E-state index in [-0.39, 0.29) is 18.2 Å². The first-order chi connectivity index (χ1) is 23.9. The fourth-order valence-corrected chi connectivity index (χ4v) is 5.93. The molecule has 6 rings (SSSR count). The van der Waals surface area contributed by atoms with Crippen LogP contribution in [0.2, 0.25) is 0 Å². The molecular weight excluding hydrogens is 604 g/mol. The number of nitrogens with zero attached hydrogens (tertiary/aromatic N) is 2. The van der Waals surface area contributed by atoms with Crippen molar-refractivity contribution in [3.63, 3.8) is 0 Å². The number of hydrogen-bond acceptors (Lipinski definition) is 5. The second-order valence-electron chi connectivity index (χ2n) is 12.2. The second-order valence-corrected chi connectivity index (χ2v) is 12.2. The van der Waals surface area contributed by atoms with Crippen molar-refractivity contribution in [3.8, 4) is 16.9 Å². The van der Waals surface area contributed by atoms with Crippen molar-refractivity contribution in [2.24, 2.45) is 0 Å². The smallest absolute Gasteiger partial charge is 0.311 e. The van der Waals surface area contributed by atoms with Gasteiger partial charge in [-0.15, -0.1) is 0 Å². The number of ketones is 1. The van der Waals surface area contributed by atoms with E-state index in [0.717, 1.165) is 45.3 Å². The van der Waals surface area contributed by atoms with Crippen LogP contribution in [0.5, 0.6) is 5.75 Å². The highest BCUT2D eigenvalue weighted by Crippen LogP contribution is 2.38. The summed E-state index contributed by atoms with van der Waals surface area (Å²) in [5, 5.41) is 0. The van der Waals surface area contributed by atoms with E-state index in [1.54, 1.807) is 13.0 Å². The largest absolute Gasteiger partial charge is 0.426 e. The maximum absolute atomic E-state index is 12.5. The maximum Gasteiger partial charge on any atom is 0.311 e. The molecule has 0 atom stereocenters. The molecule has 244 valence electrons. The standard InChI is InChI=1S/C44H40N2O3/c1-33-13-11-19-41(31-33)45(37-15-5-3-6-16-37)39-27-23-35(24-28-39)36-25-29-40(30-26-36)46(38-17-7-4-8-18-38)42-20-12-21-43(32-42)49-44(48)22-10-9-14-34(2)47/h3-8,11-13,15-21,23-32H,9-10,14,22H2,1-2H3. The summed E-state index contributed by atoms with van der Waals surface area (Å²) in [5.74, 6) is 0.326. The molecule has 0 aliphatic heterocycles. The van der Waals surface area contributed by atoms with Gasteiger partial charge in [0.1, 0.15) is 11.5 Å². The summed E-state index contributed by atoms with van der Waals surface area (Å²) in [7, 11) is 0. The third kappa shape index (κ3) is 8.51. The number of anilines is 6. The number of esters is 1. The van der Waals surface area contributed by atoms with Crippen LogP contribution in [0.3, 0.4) is 0 Å². The van der Waals surface area contributed by atoms with Gasteiger partial charge in [-0.2, -0.15) is 0 Å². The summed E-state index contributed by atoms with van der Waals surface area (Å²) in [6.45, 7) is 3.69. The Morgan fingerprint density at radius 3 is 1.45 bits per heavy atom. The Balaban J connectivity index is 1.24. The number of para-hydroxylation sites is 2. The number of hydrogen-bond donors (Lipinski definition) is 0. The number of unbranched alkanes of at least 4 members (excludes halogenated alkanes) is 1. The van der Waals surface area contributed by atoms with Crippen LogP contribution in [-0.4, -0.2) is 11.8 Å². The fraction of sp³-hybridized carbons (Fsp3) is 0.136. The molecule has 0 saturated carbocycles. The highest BCUT2D eigenvalue weighted by molar-refractivity contribution is 5.81. The van der Waals surface area contributed by atoms with E-state index >= 15 is 0 Å². The summed E-state index contributed by atoms with van der Waals surface area (Å²) in [6.07, 6.45) is 2.07. The predicted molar refractivity (Wildman–Crippen MR) is 201 cm³/mol. The molecule has 0 bridgehead atoms. The lowest BCUT2D eigenvalue weighted by Gasteiger charge is -2.26. The number of ether oxygens (including phenoxy) is 1. The molecule has 0 aromatic heterocycles. The number of Topliss-reactive ketones (excluding diaryl/α,β-unsaturated/α-hetero) is 1. The third-order valence-electron chi connectivity index (χ3n) is 8.34. The summed E-state index contributed by atoms with van der Waals surface area (Å²) in [4.78, 5) is 28.2. The lowest BCUT2D eigenvalue weighted by Crippen LogP contribution is -2.11. The van der Waals surface area contributed by atoms with Gasteiger partial charge < -0.3 is 19.3 Å². The molecular formula is C44H40N2O3. The minimum Gasteiger partial charge on any atom is -0.426 e. The Bertz CT molecular complexity index is 1990. The molecule has 0 aliphatic carbocycles. The minimum atomic E-state index is -0.298. The number of aryl methyl sites for hydroxylation is 1. The van der Waals surface area contributed by atoms with Crippen LogP contribution in [0.1, 0.15) is 38.2 Å². The van der Waals surface area contributed by atoms with Gasteiger partial charge in [-0.1, -0.05) is 78.9 Å². The summed E-state index contributed by atoms with van der Waals surface area (Å²) >= 11 is 0. The van der Waals surface area contributed by atoms with E-state index in [1.807, 2.05) is 42.5 Å². The van der Waals surface area contributed by atoms with Crippen molar-refractivity contribution in [1.29, 1.82) is 0 Å². The van der Waals surface area contributed by atoms with E-state index < -0.39 is 0 Å². The number of carbonyl (C=O) groups is 2. The van der Waals surface area contributed by atoms with E-state index in [1.165, 1.54) is 5.56 Å². The first-order valence-corrected chi connectivity index (χ1v) is 16.7. The monoisotopic (exact) mass is 644 g/mol. The van der Waals surface area contributed by atoms with Gasteiger partial charge in [0, 0.05) is 53.0 Å². The summed E-state index contributed by atoms with van der Waals surface area (Å²) in [6, 6.07) is 53.9. The van der Waals surface area contributed by atoms with Crippen LogP contribution in [0, 0.1) is 6.92 Å². The fourth-order valence-electron chi connectivity index (χ4n) is 5.93. The van der Waals surface area contributed by atoms with Crippen molar-refractivity contribution in [2.75, 3.05) is 9.80 Å². The summed E-state index contributed by atoms with van der Waals surface area (Å²) in [5.41, 5.74) is 9.60. The van der Waals surface area contributed by atoms with Gasteiger partial charge in [-0.25, -0.2) is 0 Å². The Morgan fingerprint density at radius 2 is 0.939 bits per heavy atom. The molecule has 0 saturated heterocycles. The third-order valence-corrected chi connectivity index (χ3v) is 8.34. The zero-order valence-electron chi connectivity index (χ0n) is 28.0. The average Bonchev–Trinajstić information content (AvgIpc) is 3.12. The Labute approximate surface area is 289 Å². The molecule has 49 heavy (non-hydrogen) atoms. The van der Waals surface area contributed by atoms with Gasteiger partial charge in [0.15, 0.2) is 0 Å². The molecule has 0 amide bonds. The lowest BCUT2D eigenvalue weighted by atomic mass is 10.0. The molecule has 6 aromatic carbocycles. The van der Waals surface area contributed by atoms with Crippen LogP contribution in [-0.2, 0) is 9.59 Å². The van der Waals surface area contributed by atoms with E-state index in [2.05, 4.69) is 126 Å². The van der Waals surface area contributed by atoms with Gasteiger partial charge in [0.25, 0.3) is 0 Å². The van der Waals surface area contributed by atoms with Gasteiger partial charge in [-0.3, -0.25) is 4.79 Å². The van der Waals surface area contributed by atoms with Crippen molar-refractivity contribution >= 4 is 45.9 Å². The number of benzene rings is 6. The topological polar surface area (TPSA) is 49.9 Å². The first kappa shape index (κ1) is 33.0. The van der Waals surface area contributed by atoms with Crippen molar-refractivity contribution in [2.45, 2.75) is 39.5 Å². The van der Waals surface area contributed by atoms with Gasteiger partial charge in [0.05, 0.1) is 0 Å². The minimum absolute atomic E-state index is 0.136. The Kier molecular flexibility index (Phi) is 10.6. The quantitative estimate of drug-likeness (QED) is 0.0711. The molecule has 0 N–H and O–H groups in total. The SMILES string of the molecule is CC(=O)CCCCC(=O)Oc1cccc(N(c2ccccc2)c2ccc(-c3ccc(N(c4ccccc4)c4cccc(C)c4)cc3)cc2)c1. The Hall–Kier alpha value is -5.94. The average molecular weight is 645 g/mol. The lowest BCUT2D eigenvalue weighted by molar-refractivity contribution is -0.134. The van der Waals surface area contributed by atoms with Crippen LogP contribution in [0.25, 0.3) is 11.1 Å². The van der Waals surface area contributed by atoms with Crippen molar-refractivity contribution in [1.82, 2.24) is 0 Å². The number of rotatable bonds is 13. The number of carbonyl (C=O) groups excluding carboxylic acids is 2. The molecule has 5 nitrogen and oxygen atoms in total. The Morgan fingerprint density at radius 1 is 0.490 bits per heavy atom. The molecule has 0 heterocycles. The van der Waals surface area contributed by atoms with E-state index in [4.69, 9.17) is 4.74 Å². The van der Waals surface area contributed by atoms with Gasteiger partial charge in [-0.05, 0) is 116 Å². The maximum atomic E-state index is 12.5. The molecule has 0 radical (unpaired) electrons. The van der Waals surface area contributed by atoms with Gasteiger partial charge in [0.2, 0.25) is 0 Å². The highest BCUT2D eigenvalue weighted by Gasteiger charge is 2.16. The first-order valence-electron chi connectivity index (χ1n) is 16.7. The van der Waals surface area contributed by atoms with Crippen molar-refractivity contribution < 1.29 is 14.3 Å². The van der Waals surface area contributed by atoms with Crippen LogP contribution in [0.15, 0.2) is 158 Å². The normalized spacial score (nSPS) is 10.7. The molecule has 0 fully saturated rings. The second kappa shape index (κ2) is 15.8. The molecule has 5 heteroatoms. The molecule has 6 aromatic rings. The summed E-state index contributed by atoms with van der Waals surface area (Å²) < 4.78 is 5.70. The zero-order valence-corrected chi connectivity index (χ0v) is 28.0. The molecule has 0 unspecified atom stereocenters.